The van der Waals surface area contributed by atoms with Gasteiger partial charge < -0.3 is 20.2 Å². The molecule has 0 saturated carbocycles. The SMILES string of the molecule is CC(=O)N1[C@H](CO)[C@@H](O)[C@@H](O)[C@H]1n1cc(C)c(=O)[nH]c1=O. The number of carbonyl (C=O) groups is 1. The van der Waals surface area contributed by atoms with Gasteiger partial charge in [0.2, 0.25) is 5.91 Å². The molecule has 2 rings (SSSR count). The number of amides is 1. The van der Waals surface area contributed by atoms with E-state index in [9.17, 15) is 29.7 Å². The monoisotopic (exact) mass is 299 g/mol. The Kier molecular flexibility index (Phi) is 3.99. The minimum absolute atomic E-state index is 0.215. The van der Waals surface area contributed by atoms with E-state index < -0.39 is 48.2 Å². The normalized spacial score (nSPS) is 28.9. The Morgan fingerprint density at radius 1 is 1.33 bits per heavy atom. The lowest BCUT2D eigenvalue weighted by atomic mass is 10.1. The Labute approximate surface area is 119 Å². The van der Waals surface area contributed by atoms with Crippen LogP contribution in [0.3, 0.4) is 0 Å². The van der Waals surface area contributed by atoms with Crippen molar-refractivity contribution < 1.29 is 20.1 Å². The summed E-state index contributed by atoms with van der Waals surface area (Å²) in [6.07, 6.45) is -2.85. The number of hydrogen-bond donors (Lipinski definition) is 4. The van der Waals surface area contributed by atoms with E-state index in [1.165, 1.54) is 20.0 Å². The van der Waals surface area contributed by atoms with Crippen LogP contribution in [0.2, 0.25) is 0 Å². The van der Waals surface area contributed by atoms with E-state index in [2.05, 4.69) is 4.98 Å². The zero-order valence-electron chi connectivity index (χ0n) is 11.6. The maximum absolute atomic E-state index is 11.9. The minimum Gasteiger partial charge on any atom is -0.394 e. The second-order valence-corrected chi connectivity index (χ2v) is 5.05. The van der Waals surface area contributed by atoms with E-state index in [0.717, 1.165) is 9.47 Å². The number of aliphatic hydroxyl groups is 3. The van der Waals surface area contributed by atoms with Crippen LogP contribution in [0.25, 0.3) is 0 Å². The third-order valence-corrected chi connectivity index (χ3v) is 3.67. The van der Waals surface area contributed by atoms with E-state index in [1.54, 1.807) is 0 Å². The molecule has 1 aliphatic heterocycles. The van der Waals surface area contributed by atoms with E-state index in [1.807, 2.05) is 0 Å². The summed E-state index contributed by atoms with van der Waals surface area (Å²) in [7, 11) is 0. The first-order chi connectivity index (χ1) is 9.79. The number of nitrogens with zero attached hydrogens (tertiary/aromatic N) is 2. The lowest BCUT2D eigenvalue weighted by molar-refractivity contribution is -0.136. The molecule has 1 fully saturated rings. The number of H-pyrrole nitrogens is 1. The lowest BCUT2D eigenvalue weighted by Crippen LogP contribution is -2.46. The van der Waals surface area contributed by atoms with Crippen LogP contribution >= 0.6 is 0 Å². The van der Waals surface area contributed by atoms with Crippen molar-refractivity contribution in [2.75, 3.05) is 6.61 Å². The van der Waals surface area contributed by atoms with Gasteiger partial charge in [-0.25, -0.2) is 4.79 Å². The Bertz CT molecular complexity index is 666. The zero-order valence-corrected chi connectivity index (χ0v) is 11.6. The van der Waals surface area contributed by atoms with E-state index in [-0.39, 0.29) is 5.56 Å². The third-order valence-electron chi connectivity index (χ3n) is 3.67. The number of aliphatic hydroxyl groups excluding tert-OH is 3. The van der Waals surface area contributed by atoms with Gasteiger partial charge in [0.1, 0.15) is 18.4 Å². The number of nitrogens with one attached hydrogen (secondary N) is 1. The fraction of sp³-hybridized carbons (Fsp3) is 0.583. The third kappa shape index (κ3) is 2.39. The van der Waals surface area contributed by atoms with E-state index in [0.29, 0.717) is 0 Å². The Hall–Kier alpha value is -1.97. The molecule has 1 aromatic rings. The lowest BCUT2D eigenvalue weighted by Gasteiger charge is -2.29. The average Bonchev–Trinajstić information content (AvgIpc) is 2.66. The molecule has 0 aromatic carbocycles. The van der Waals surface area contributed by atoms with Crippen molar-refractivity contribution >= 4 is 5.91 Å². The summed E-state index contributed by atoms with van der Waals surface area (Å²) in [4.78, 5) is 38.2. The molecule has 0 aliphatic carbocycles. The molecule has 1 saturated heterocycles. The second kappa shape index (κ2) is 5.43. The number of aromatic nitrogens is 2. The number of likely N-dealkylation sites (tertiary alicyclic amines) is 1. The molecular formula is C12H17N3O6. The van der Waals surface area contributed by atoms with Crippen LogP contribution in [0.4, 0.5) is 0 Å². The summed E-state index contributed by atoms with van der Waals surface area (Å²) in [5.41, 5.74) is -1.17. The molecule has 2 heterocycles. The number of carbonyl (C=O) groups excluding carboxylic acids is 1. The van der Waals surface area contributed by atoms with Gasteiger partial charge in [-0.05, 0) is 6.92 Å². The molecule has 4 N–H and O–H groups in total. The van der Waals surface area contributed by atoms with Gasteiger partial charge in [0.15, 0.2) is 0 Å². The van der Waals surface area contributed by atoms with E-state index >= 15 is 0 Å². The summed E-state index contributed by atoms with van der Waals surface area (Å²) < 4.78 is 0.974. The molecular weight excluding hydrogens is 282 g/mol. The molecule has 0 unspecified atom stereocenters. The molecule has 116 valence electrons. The van der Waals surface area contributed by atoms with Gasteiger partial charge in [-0.2, -0.15) is 0 Å². The highest BCUT2D eigenvalue weighted by Crippen LogP contribution is 2.32. The largest absolute Gasteiger partial charge is 0.394 e. The van der Waals surface area contributed by atoms with Crippen molar-refractivity contribution in [3.63, 3.8) is 0 Å². The quantitative estimate of drug-likeness (QED) is 0.469. The van der Waals surface area contributed by atoms with Crippen LogP contribution in [0.1, 0.15) is 18.7 Å². The highest BCUT2D eigenvalue weighted by atomic mass is 16.3. The summed E-state index contributed by atoms with van der Waals surface area (Å²) in [5, 5.41) is 29.3. The first-order valence-electron chi connectivity index (χ1n) is 6.37. The smallest absolute Gasteiger partial charge is 0.330 e. The van der Waals surface area contributed by atoms with Crippen LogP contribution in [0, 0.1) is 6.92 Å². The molecule has 4 atom stereocenters. The van der Waals surface area contributed by atoms with Crippen LogP contribution in [0.5, 0.6) is 0 Å². The van der Waals surface area contributed by atoms with Gasteiger partial charge in [0, 0.05) is 18.7 Å². The predicted octanol–water partition coefficient (Wildman–Crippen LogP) is -2.71. The number of rotatable bonds is 2. The molecule has 0 bridgehead atoms. The van der Waals surface area contributed by atoms with Crippen molar-refractivity contribution in [3.05, 3.63) is 32.6 Å². The maximum atomic E-state index is 11.9. The summed E-state index contributed by atoms with van der Waals surface area (Å²) in [6, 6.07) is -1.03. The minimum atomic E-state index is -1.46. The fourth-order valence-corrected chi connectivity index (χ4v) is 2.63. The van der Waals surface area contributed by atoms with Gasteiger partial charge in [-0.15, -0.1) is 0 Å². The molecule has 21 heavy (non-hydrogen) atoms. The summed E-state index contributed by atoms with van der Waals surface area (Å²) in [5.74, 6) is -0.523. The van der Waals surface area contributed by atoms with Crippen LogP contribution in [-0.4, -0.2) is 60.5 Å². The van der Waals surface area contributed by atoms with Gasteiger partial charge in [0.05, 0.1) is 12.6 Å². The first-order valence-corrected chi connectivity index (χ1v) is 6.37. The average molecular weight is 299 g/mol. The van der Waals surface area contributed by atoms with Crippen molar-refractivity contribution in [1.82, 2.24) is 14.5 Å². The van der Waals surface area contributed by atoms with Crippen molar-refractivity contribution in [2.45, 2.75) is 38.3 Å². The molecule has 1 amide bonds. The van der Waals surface area contributed by atoms with Crippen molar-refractivity contribution in [1.29, 1.82) is 0 Å². The number of aryl methyl sites for hydroxylation is 1. The topological polar surface area (TPSA) is 136 Å². The van der Waals surface area contributed by atoms with Crippen molar-refractivity contribution in [3.8, 4) is 0 Å². The Morgan fingerprint density at radius 2 is 1.95 bits per heavy atom. The Morgan fingerprint density at radius 3 is 2.48 bits per heavy atom. The van der Waals surface area contributed by atoms with Crippen LogP contribution in [0.15, 0.2) is 15.8 Å². The van der Waals surface area contributed by atoms with Gasteiger partial charge in [0.25, 0.3) is 5.56 Å². The van der Waals surface area contributed by atoms with Crippen LogP contribution < -0.4 is 11.2 Å². The molecule has 9 heteroatoms. The maximum Gasteiger partial charge on any atom is 0.330 e. The van der Waals surface area contributed by atoms with Crippen LogP contribution in [-0.2, 0) is 4.79 Å². The first kappa shape index (κ1) is 15.4. The van der Waals surface area contributed by atoms with Gasteiger partial charge in [-0.3, -0.25) is 19.1 Å². The molecule has 1 aliphatic rings. The molecule has 9 nitrogen and oxygen atoms in total. The summed E-state index contributed by atoms with van der Waals surface area (Å²) in [6.45, 7) is 2.10. The van der Waals surface area contributed by atoms with Gasteiger partial charge >= 0.3 is 5.69 Å². The van der Waals surface area contributed by atoms with E-state index in [4.69, 9.17) is 0 Å². The fourth-order valence-electron chi connectivity index (χ4n) is 2.63. The predicted molar refractivity (Wildman–Crippen MR) is 70.5 cm³/mol. The molecule has 1 aromatic heterocycles. The highest BCUT2D eigenvalue weighted by molar-refractivity contribution is 5.74. The standard InChI is InChI=1S/C12H17N3O6/c1-5-3-14(12(21)13-10(5)20)11-9(19)8(18)7(4-16)15(11)6(2)17/h3,7-9,11,16,18-19H,4H2,1-2H3,(H,13,20,21)/t7-,8-,9-,11+/m1/s1. The number of aromatic amines is 1. The van der Waals surface area contributed by atoms with Gasteiger partial charge in [-0.1, -0.05) is 0 Å². The van der Waals surface area contributed by atoms with Crippen molar-refractivity contribution in [2.24, 2.45) is 0 Å². The zero-order chi connectivity index (χ0) is 15.9. The second-order valence-electron chi connectivity index (χ2n) is 5.05. The highest BCUT2D eigenvalue weighted by Gasteiger charge is 2.50. The molecule has 0 radical (unpaired) electrons. The Balaban J connectivity index is 2.60. The summed E-state index contributed by atoms with van der Waals surface area (Å²) >= 11 is 0. The molecule has 0 spiro atoms. The number of hydrogen-bond acceptors (Lipinski definition) is 6.